The highest BCUT2D eigenvalue weighted by molar-refractivity contribution is 8.12. The van der Waals surface area contributed by atoms with Crippen LogP contribution in [0.5, 0.6) is 5.75 Å². The summed E-state index contributed by atoms with van der Waals surface area (Å²) in [5.74, 6) is 0.875. The molecule has 1 nitrogen and oxygen atoms in total. The molecule has 0 saturated carbocycles. The summed E-state index contributed by atoms with van der Waals surface area (Å²) in [5.41, 5.74) is 0. The van der Waals surface area contributed by atoms with Crippen LogP contribution in [-0.4, -0.2) is 12.3 Å². The van der Waals surface area contributed by atoms with Crippen LogP contribution in [0.2, 0.25) is 0 Å². The lowest BCUT2D eigenvalue weighted by molar-refractivity contribution is 0.580. The van der Waals surface area contributed by atoms with Gasteiger partial charge in [-0.05, 0) is 25.0 Å². The molecule has 0 fully saturated rings. The number of para-hydroxylation sites is 1. The summed E-state index contributed by atoms with van der Waals surface area (Å²) in [6, 6.07) is 7.97. The van der Waals surface area contributed by atoms with Crippen LogP contribution in [0.1, 0.15) is 65.2 Å². The van der Waals surface area contributed by atoms with Crippen molar-refractivity contribution in [1.82, 2.24) is 0 Å². The summed E-state index contributed by atoms with van der Waals surface area (Å²) in [6.07, 6.45) is 10.4. The van der Waals surface area contributed by atoms with E-state index in [1.165, 1.54) is 51.4 Å². The molecule has 0 N–H and O–H groups in total. The van der Waals surface area contributed by atoms with E-state index in [0.717, 1.165) is 23.0 Å². The van der Waals surface area contributed by atoms with Gasteiger partial charge in [0, 0.05) is 17.2 Å². The normalized spacial score (nSPS) is 11.6. The molecule has 1 rings (SSSR count). The van der Waals surface area contributed by atoms with Gasteiger partial charge in [0.2, 0.25) is 0 Å². The average molecular weight is 359 g/mol. The summed E-state index contributed by atoms with van der Waals surface area (Å²) in [7, 11) is 0. The Balaban J connectivity index is 2.63. The Morgan fingerprint density at radius 3 is 1.95 bits per heavy atom. The molecule has 0 spiro atoms. The van der Waals surface area contributed by atoms with Crippen molar-refractivity contribution in [2.24, 2.45) is 0 Å². The minimum absolute atomic E-state index is 0.875. The molecule has 0 amide bonds. The van der Waals surface area contributed by atoms with Crippen LogP contribution in [-0.2, 0) is 11.8 Å². The largest absolute Gasteiger partial charge is 0.465 e. The molecular weight excluding hydrogens is 327 g/mol. The highest BCUT2D eigenvalue weighted by Crippen LogP contribution is 2.50. The van der Waals surface area contributed by atoms with Crippen LogP contribution in [0.15, 0.2) is 29.2 Å². The first kappa shape index (κ1) is 20.1. The minimum Gasteiger partial charge on any atom is -0.465 e. The molecule has 1 aromatic rings. The highest BCUT2D eigenvalue weighted by atomic mass is 32.4. The van der Waals surface area contributed by atoms with E-state index >= 15 is 0 Å². The molecule has 0 aliphatic carbocycles. The van der Waals surface area contributed by atoms with Crippen LogP contribution in [0.3, 0.4) is 0 Å². The Morgan fingerprint density at radius 1 is 0.909 bits per heavy atom. The van der Waals surface area contributed by atoms with Crippen molar-refractivity contribution in [3.63, 3.8) is 0 Å². The first-order chi connectivity index (χ1) is 10.6. The van der Waals surface area contributed by atoms with Gasteiger partial charge < -0.3 is 4.52 Å². The van der Waals surface area contributed by atoms with Crippen LogP contribution >= 0.6 is 18.9 Å². The molecule has 0 saturated heterocycles. The van der Waals surface area contributed by atoms with Crippen molar-refractivity contribution >= 4 is 30.7 Å². The molecule has 22 heavy (non-hydrogen) atoms. The van der Waals surface area contributed by atoms with Gasteiger partial charge in [-0.1, -0.05) is 76.3 Å². The van der Waals surface area contributed by atoms with E-state index in [9.17, 15) is 0 Å². The predicted molar refractivity (Wildman–Crippen MR) is 107 cm³/mol. The van der Waals surface area contributed by atoms with E-state index in [4.69, 9.17) is 16.3 Å². The molecule has 0 aliphatic rings. The van der Waals surface area contributed by atoms with Crippen molar-refractivity contribution in [1.29, 1.82) is 0 Å². The summed E-state index contributed by atoms with van der Waals surface area (Å²) in [5, 5.41) is 0. The second kappa shape index (κ2) is 11.5. The van der Waals surface area contributed by atoms with Crippen molar-refractivity contribution < 1.29 is 4.52 Å². The van der Waals surface area contributed by atoms with Gasteiger partial charge >= 0.3 is 0 Å². The Labute approximate surface area is 147 Å². The zero-order valence-corrected chi connectivity index (χ0v) is 16.7. The maximum atomic E-state index is 6.34. The minimum atomic E-state index is -1.76. The third-order valence-electron chi connectivity index (χ3n) is 3.83. The quantitative estimate of drug-likeness (QED) is 0.247. The van der Waals surface area contributed by atoms with Gasteiger partial charge in [0.05, 0.1) is 0 Å². The molecule has 0 atom stereocenters. The van der Waals surface area contributed by atoms with Crippen LogP contribution in [0.25, 0.3) is 0 Å². The van der Waals surface area contributed by atoms with Crippen molar-refractivity contribution in [3.8, 4) is 5.75 Å². The van der Waals surface area contributed by atoms with Crippen LogP contribution in [0.4, 0.5) is 0 Å². The molecule has 0 radical (unpaired) electrons. The molecular formula is C18H31OPS2. The lowest BCUT2D eigenvalue weighted by Gasteiger charge is -2.24. The van der Waals surface area contributed by atoms with Gasteiger partial charge in [-0.15, -0.1) is 12.6 Å². The van der Waals surface area contributed by atoms with Crippen LogP contribution in [0, 0.1) is 0 Å². The Hall–Kier alpha value is 0.0200. The molecule has 0 aromatic heterocycles. The Bertz CT molecular complexity index is 446. The highest BCUT2D eigenvalue weighted by Gasteiger charge is 2.19. The molecule has 0 unspecified atom stereocenters. The summed E-state index contributed by atoms with van der Waals surface area (Å²) >= 11 is 10.5. The lowest BCUT2D eigenvalue weighted by atomic mass is 10.2. The number of unbranched alkanes of at least 4 members (excludes halogenated alkanes) is 6. The molecule has 126 valence electrons. The van der Waals surface area contributed by atoms with E-state index in [1.54, 1.807) is 0 Å². The van der Waals surface area contributed by atoms with E-state index in [0.29, 0.717) is 0 Å². The van der Waals surface area contributed by atoms with Gasteiger partial charge in [0.15, 0.2) is 0 Å². The summed E-state index contributed by atoms with van der Waals surface area (Å²) in [4.78, 5) is 0.902. The number of hydrogen-bond donors (Lipinski definition) is 1. The molecule has 4 heteroatoms. The predicted octanol–water partition coefficient (Wildman–Crippen LogP) is 6.91. The number of thiol groups is 1. The fourth-order valence-electron chi connectivity index (χ4n) is 2.48. The standard InChI is InChI=1S/C18H31OPS2/c1-3-5-7-11-15-20(22,16-12-8-6-4-2)19-17-13-9-10-14-18(17)21/h9-10,13-14,21H,3-8,11-12,15-16H2,1-2H3. The smallest absolute Gasteiger partial charge is 0.137 e. The zero-order valence-electron chi connectivity index (χ0n) is 14.1. The van der Waals surface area contributed by atoms with Crippen molar-refractivity contribution in [2.75, 3.05) is 12.3 Å². The van der Waals surface area contributed by atoms with E-state index in [-0.39, 0.29) is 0 Å². The monoisotopic (exact) mass is 358 g/mol. The lowest BCUT2D eigenvalue weighted by Crippen LogP contribution is -2.03. The van der Waals surface area contributed by atoms with E-state index in [1.807, 2.05) is 24.3 Å². The van der Waals surface area contributed by atoms with Gasteiger partial charge in [-0.2, -0.15) is 0 Å². The molecule has 1 aromatic carbocycles. The zero-order chi connectivity index (χ0) is 16.3. The number of hydrogen-bond acceptors (Lipinski definition) is 3. The van der Waals surface area contributed by atoms with Crippen LogP contribution < -0.4 is 4.52 Å². The van der Waals surface area contributed by atoms with Gasteiger partial charge in [-0.3, -0.25) is 0 Å². The topological polar surface area (TPSA) is 9.23 Å². The fraction of sp³-hybridized carbons (Fsp3) is 0.667. The summed E-state index contributed by atoms with van der Waals surface area (Å²) < 4.78 is 6.34. The second-order valence-electron chi connectivity index (χ2n) is 5.94. The number of rotatable bonds is 12. The van der Waals surface area contributed by atoms with Crippen molar-refractivity contribution in [2.45, 2.75) is 70.1 Å². The van der Waals surface area contributed by atoms with E-state index < -0.39 is 6.26 Å². The molecule has 0 aliphatic heterocycles. The van der Waals surface area contributed by atoms with Crippen molar-refractivity contribution in [3.05, 3.63) is 24.3 Å². The number of benzene rings is 1. The third-order valence-corrected chi connectivity index (χ3v) is 8.05. The maximum Gasteiger partial charge on any atom is 0.137 e. The molecule has 0 bridgehead atoms. The third kappa shape index (κ3) is 8.04. The van der Waals surface area contributed by atoms with Gasteiger partial charge in [-0.25, -0.2) is 0 Å². The average Bonchev–Trinajstić information content (AvgIpc) is 2.51. The first-order valence-electron chi connectivity index (χ1n) is 8.67. The Morgan fingerprint density at radius 2 is 1.45 bits per heavy atom. The maximum absolute atomic E-state index is 6.34. The van der Waals surface area contributed by atoms with Gasteiger partial charge in [0.25, 0.3) is 0 Å². The Kier molecular flexibility index (Phi) is 10.5. The molecule has 0 heterocycles. The second-order valence-corrected chi connectivity index (χ2v) is 11.1. The SMILES string of the molecule is CCCCCCP(=S)(CCCCCC)Oc1ccccc1S. The fourth-order valence-corrected chi connectivity index (χ4v) is 6.10. The first-order valence-corrected chi connectivity index (χ1v) is 12.2. The summed E-state index contributed by atoms with van der Waals surface area (Å²) in [6.45, 7) is 4.49. The van der Waals surface area contributed by atoms with E-state index in [2.05, 4.69) is 26.5 Å². The van der Waals surface area contributed by atoms with Gasteiger partial charge in [0.1, 0.15) is 12.0 Å².